The van der Waals surface area contributed by atoms with E-state index in [1.54, 1.807) is 21.3 Å². The third-order valence-electron chi connectivity index (χ3n) is 3.33. The highest BCUT2D eigenvalue weighted by Gasteiger charge is 2.37. The monoisotopic (exact) mass is 284 g/mol. The fraction of sp³-hybridized carbons (Fsp3) is 0.538. The average molecular weight is 284 g/mol. The molecule has 0 atom stereocenters. The highest BCUT2D eigenvalue weighted by Crippen LogP contribution is 2.26. The van der Waals surface area contributed by atoms with Crippen LogP contribution in [0, 0.1) is 0 Å². The fourth-order valence-electron chi connectivity index (χ4n) is 2.15. The molecule has 0 aliphatic carbocycles. The molecule has 1 aromatic carbocycles. The van der Waals surface area contributed by atoms with Crippen molar-refractivity contribution in [2.75, 3.05) is 28.1 Å². The highest BCUT2D eigenvalue weighted by molar-refractivity contribution is 6.60. The number of rotatable bonds is 6. The Hall–Kier alpha value is -0.923. The van der Waals surface area contributed by atoms with E-state index in [0.717, 1.165) is 23.8 Å². The van der Waals surface area contributed by atoms with Gasteiger partial charge in [-0.1, -0.05) is 6.07 Å². The van der Waals surface area contributed by atoms with Crippen molar-refractivity contribution >= 4 is 8.80 Å². The number of fused-ring (bicyclic) bond motifs is 1. The summed E-state index contributed by atoms with van der Waals surface area (Å²) < 4.78 is 26.9. The second-order valence-corrected chi connectivity index (χ2v) is 7.44. The summed E-state index contributed by atoms with van der Waals surface area (Å²) in [6, 6.07) is 6.90. The highest BCUT2D eigenvalue weighted by atomic mass is 28.4. The minimum Gasteiger partial charge on any atom is -0.467 e. The molecule has 0 fully saturated rings. The summed E-state index contributed by atoms with van der Waals surface area (Å²) in [5.74, 6) is 0.906. The van der Waals surface area contributed by atoms with Gasteiger partial charge < -0.3 is 22.8 Å². The maximum atomic E-state index is 5.42. The molecule has 1 aliphatic rings. The first-order valence-corrected chi connectivity index (χ1v) is 8.14. The molecule has 0 bridgehead atoms. The Balaban J connectivity index is 2.03. The van der Waals surface area contributed by atoms with E-state index in [1.807, 2.05) is 6.07 Å². The van der Waals surface area contributed by atoms with Crippen molar-refractivity contribution in [3.8, 4) is 5.75 Å². The van der Waals surface area contributed by atoms with Crippen LogP contribution in [0.25, 0.3) is 0 Å². The van der Waals surface area contributed by atoms with Gasteiger partial charge in [0.25, 0.3) is 0 Å². The fourth-order valence-corrected chi connectivity index (χ4v) is 3.86. The van der Waals surface area contributed by atoms with Crippen LogP contribution in [0.15, 0.2) is 18.2 Å². The van der Waals surface area contributed by atoms with E-state index in [9.17, 15) is 0 Å². The van der Waals surface area contributed by atoms with Gasteiger partial charge in [-0.05, 0) is 24.1 Å². The molecule has 5 nitrogen and oxygen atoms in total. The van der Waals surface area contributed by atoms with Gasteiger partial charge in [-0.15, -0.1) is 0 Å². The van der Waals surface area contributed by atoms with Crippen molar-refractivity contribution < 1.29 is 22.8 Å². The van der Waals surface area contributed by atoms with Gasteiger partial charge in [0.2, 0.25) is 0 Å². The lowest BCUT2D eigenvalue weighted by Crippen LogP contribution is -2.43. The van der Waals surface area contributed by atoms with Crippen molar-refractivity contribution in [1.82, 2.24) is 0 Å². The molecule has 6 heteroatoms. The Morgan fingerprint density at radius 1 is 1.16 bits per heavy atom. The zero-order chi connectivity index (χ0) is 13.7. The Morgan fingerprint density at radius 2 is 1.89 bits per heavy atom. The molecule has 1 aliphatic heterocycles. The first kappa shape index (κ1) is 14.5. The molecule has 1 heterocycles. The standard InChI is InChI=1S/C13H20O5Si/c1-14-19(15-2,16-3)7-6-11-4-5-13-12(8-11)9-17-10-18-13/h4-5,8H,6-7,9-10H2,1-3H3. The second-order valence-electron chi connectivity index (χ2n) is 4.35. The normalized spacial score (nSPS) is 14.9. The zero-order valence-electron chi connectivity index (χ0n) is 11.6. The van der Waals surface area contributed by atoms with E-state index in [1.165, 1.54) is 5.56 Å². The average Bonchev–Trinajstić information content (AvgIpc) is 2.49. The van der Waals surface area contributed by atoms with Gasteiger partial charge in [0.15, 0.2) is 6.79 Å². The molecule has 19 heavy (non-hydrogen) atoms. The molecule has 0 aromatic heterocycles. The first-order valence-electron chi connectivity index (χ1n) is 6.21. The van der Waals surface area contributed by atoms with Crippen LogP contribution in [-0.2, 0) is 31.0 Å². The first-order chi connectivity index (χ1) is 9.23. The minimum atomic E-state index is -2.50. The molecule has 0 unspecified atom stereocenters. The Kier molecular flexibility index (Phi) is 4.95. The molecular weight excluding hydrogens is 264 g/mol. The summed E-state index contributed by atoms with van der Waals surface area (Å²) in [5, 5.41) is 0. The van der Waals surface area contributed by atoms with E-state index < -0.39 is 8.80 Å². The van der Waals surface area contributed by atoms with E-state index in [2.05, 4.69) is 12.1 Å². The van der Waals surface area contributed by atoms with Crippen molar-refractivity contribution in [2.24, 2.45) is 0 Å². The van der Waals surface area contributed by atoms with Crippen molar-refractivity contribution in [2.45, 2.75) is 19.1 Å². The lowest BCUT2D eigenvalue weighted by molar-refractivity contribution is -0.0164. The Bertz CT molecular complexity index is 411. The van der Waals surface area contributed by atoms with Crippen LogP contribution in [0.5, 0.6) is 5.75 Å². The third-order valence-corrected chi connectivity index (χ3v) is 6.06. The number of benzene rings is 1. The van der Waals surface area contributed by atoms with Gasteiger partial charge in [0.1, 0.15) is 5.75 Å². The molecule has 0 saturated carbocycles. The van der Waals surface area contributed by atoms with Crippen molar-refractivity contribution in [3.63, 3.8) is 0 Å². The van der Waals surface area contributed by atoms with Gasteiger partial charge in [-0.25, -0.2) is 0 Å². The van der Waals surface area contributed by atoms with Crippen LogP contribution in [0.1, 0.15) is 11.1 Å². The van der Waals surface area contributed by atoms with Gasteiger partial charge in [-0.3, -0.25) is 0 Å². The van der Waals surface area contributed by atoms with Gasteiger partial charge in [0.05, 0.1) is 6.61 Å². The van der Waals surface area contributed by atoms with E-state index >= 15 is 0 Å². The van der Waals surface area contributed by atoms with Crippen LogP contribution in [-0.4, -0.2) is 36.9 Å². The summed E-state index contributed by atoms with van der Waals surface area (Å²) in [4.78, 5) is 0. The maximum absolute atomic E-state index is 5.42. The molecule has 0 amide bonds. The van der Waals surface area contributed by atoms with Crippen LogP contribution < -0.4 is 4.74 Å². The molecule has 0 N–H and O–H groups in total. The number of hydrogen-bond donors (Lipinski definition) is 0. The predicted molar refractivity (Wildman–Crippen MR) is 72.0 cm³/mol. The zero-order valence-corrected chi connectivity index (χ0v) is 12.6. The van der Waals surface area contributed by atoms with E-state index in [4.69, 9.17) is 22.8 Å². The summed E-state index contributed by atoms with van der Waals surface area (Å²) in [5.41, 5.74) is 2.29. The number of aryl methyl sites for hydroxylation is 1. The lowest BCUT2D eigenvalue weighted by atomic mass is 10.1. The second kappa shape index (κ2) is 6.49. The van der Waals surface area contributed by atoms with Crippen LogP contribution >= 0.6 is 0 Å². The predicted octanol–water partition coefficient (Wildman–Crippen LogP) is 1.97. The Labute approximate surface area is 114 Å². The van der Waals surface area contributed by atoms with Crippen molar-refractivity contribution in [1.29, 1.82) is 0 Å². The molecule has 1 aromatic rings. The Morgan fingerprint density at radius 3 is 2.58 bits per heavy atom. The SMILES string of the molecule is CO[Si](CCc1ccc2c(c1)COCO2)(OC)OC. The van der Waals surface area contributed by atoms with Crippen molar-refractivity contribution in [3.05, 3.63) is 29.3 Å². The number of hydrogen-bond acceptors (Lipinski definition) is 5. The van der Waals surface area contributed by atoms with Crippen LogP contribution in [0.2, 0.25) is 6.04 Å². The quantitative estimate of drug-likeness (QED) is 0.747. The maximum Gasteiger partial charge on any atom is 0.500 e. The van der Waals surface area contributed by atoms with Crippen LogP contribution in [0.4, 0.5) is 0 Å². The van der Waals surface area contributed by atoms with Gasteiger partial charge in [-0.2, -0.15) is 0 Å². The molecule has 0 spiro atoms. The third kappa shape index (κ3) is 3.34. The summed E-state index contributed by atoms with van der Waals surface area (Å²) in [7, 11) is 2.40. The number of ether oxygens (including phenoxy) is 2. The molecule has 106 valence electrons. The van der Waals surface area contributed by atoms with Crippen LogP contribution in [0.3, 0.4) is 0 Å². The summed E-state index contributed by atoms with van der Waals surface area (Å²) in [6.45, 7) is 0.934. The minimum absolute atomic E-state index is 0.333. The van der Waals surface area contributed by atoms with E-state index in [0.29, 0.717) is 13.4 Å². The summed E-state index contributed by atoms with van der Waals surface area (Å²) in [6.07, 6.45) is 0.842. The largest absolute Gasteiger partial charge is 0.500 e. The smallest absolute Gasteiger partial charge is 0.467 e. The molecule has 0 saturated heterocycles. The topological polar surface area (TPSA) is 46.2 Å². The van der Waals surface area contributed by atoms with E-state index in [-0.39, 0.29) is 0 Å². The lowest BCUT2D eigenvalue weighted by Gasteiger charge is -2.24. The summed E-state index contributed by atoms with van der Waals surface area (Å²) >= 11 is 0. The van der Waals surface area contributed by atoms with Gasteiger partial charge in [0, 0.05) is 32.9 Å². The molecule has 0 radical (unpaired) electrons. The molecule has 2 rings (SSSR count). The van der Waals surface area contributed by atoms with Gasteiger partial charge >= 0.3 is 8.80 Å². The molecular formula is C13H20O5Si.